The first-order chi connectivity index (χ1) is 10.2. The molecule has 0 saturated carbocycles. The summed E-state index contributed by atoms with van der Waals surface area (Å²) in [6.07, 6.45) is 2.45. The summed E-state index contributed by atoms with van der Waals surface area (Å²) in [5.74, 6) is 0. The minimum Gasteiger partial charge on any atom is -0.391 e. The Morgan fingerprint density at radius 2 is 2.05 bits per heavy atom. The number of nitrogens with one attached hydrogen (secondary N) is 1. The summed E-state index contributed by atoms with van der Waals surface area (Å²) in [7, 11) is 7.83. The van der Waals surface area contributed by atoms with E-state index in [0.717, 1.165) is 23.0 Å². The average Bonchev–Trinajstić information content (AvgIpc) is 2.90. The molecule has 0 fully saturated rings. The number of hydrogen-bond donors (Lipinski definition) is 2. The maximum Gasteiger partial charge on any atom is 0.330 e. The molecule has 124 valence electrons. The third-order valence-corrected chi connectivity index (χ3v) is 3.61. The highest BCUT2D eigenvalue weighted by Gasteiger charge is 2.09. The smallest absolute Gasteiger partial charge is 0.330 e. The molecule has 7 nitrogen and oxygen atoms in total. The molecule has 0 saturated heterocycles. The summed E-state index contributed by atoms with van der Waals surface area (Å²) in [4.78, 5) is 19.0. The van der Waals surface area contributed by atoms with Gasteiger partial charge in [-0.3, -0.25) is 9.13 Å². The van der Waals surface area contributed by atoms with Gasteiger partial charge in [-0.25, -0.2) is 9.78 Å². The van der Waals surface area contributed by atoms with Gasteiger partial charge in [-0.15, -0.1) is 0 Å². The summed E-state index contributed by atoms with van der Waals surface area (Å²) in [6, 6.07) is 0. The van der Waals surface area contributed by atoms with Gasteiger partial charge >= 0.3 is 5.69 Å². The van der Waals surface area contributed by atoms with E-state index in [-0.39, 0.29) is 12.3 Å². The van der Waals surface area contributed by atoms with Crippen molar-refractivity contribution >= 4 is 23.4 Å². The highest BCUT2D eigenvalue weighted by atomic mass is 32.1. The number of fused-ring (bicyclic) bond motifs is 1. The number of aliphatic hydroxyl groups excluding tert-OH is 1. The number of rotatable bonds is 4. The van der Waals surface area contributed by atoms with Crippen LogP contribution in [-0.4, -0.2) is 63.0 Å². The predicted molar refractivity (Wildman–Crippen MR) is 90.4 cm³/mol. The fourth-order valence-corrected chi connectivity index (χ4v) is 2.13. The van der Waals surface area contributed by atoms with Crippen LogP contribution in [0, 0.1) is 4.64 Å². The highest BCUT2D eigenvalue weighted by molar-refractivity contribution is 7.71. The molecule has 0 unspecified atom stereocenters. The Morgan fingerprint density at radius 1 is 1.41 bits per heavy atom. The largest absolute Gasteiger partial charge is 0.391 e. The Bertz CT molecular complexity index is 723. The fourth-order valence-electron chi connectivity index (χ4n) is 1.90. The standard InChI is InChI=1S/C9H12N4OS.C5H14NO/c1-3-4-13-7-6(10-5-11-7)8(15)12(2)9(13)14;1-6(2,3)4-5-7/h5H,3-4H2,1-2H3,(H,10,11);7H,4-5H2,1-3H3/q;+1. The zero-order valence-electron chi connectivity index (χ0n) is 14.0. The van der Waals surface area contributed by atoms with Gasteiger partial charge in [0.05, 0.1) is 34.1 Å². The summed E-state index contributed by atoms with van der Waals surface area (Å²) >= 11 is 5.16. The van der Waals surface area contributed by atoms with E-state index in [2.05, 4.69) is 31.1 Å². The Kier molecular flexibility index (Phi) is 6.46. The molecule has 2 N–H and O–H groups in total. The van der Waals surface area contributed by atoms with Gasteiger partial charge < -0.3 is 14.6 Å². The third kappa shape index (κ3) is 4.49. The molecule has 22 heavy (non-hydrogen) atoms. The molecule has 0 aromatic carbocycles. The van der Waals surface area contributed by atoms with Crippen LogP contribution < -0.4 is 5.69 Å². The molecule has 0 aliphatic rings. The van der Waals surface area contributed by atoms with Crippen molar-refractivity contribution in [1.29, 1.82) is 0 Å². The molecule has 0 aliphatic heterocycles. The monoisotopic (exact) mass is 328 g/mol. The number of aromatic amines is 1. The number of hydrogen-bond acceptors (Lipinski definition) is 4. The number of imidazole rings is 1. The van der Waals surface area contributed by atoms with E-state index in [1.165, 1.54) is 4.57 Å². The first-order valence-corrected chi connectivity index (χ1v) is 7.68. The zero-order chi connectivity index (χ0) is 16.9. The number of aliphatic hydroxyl groups is 1. The van der Waals surface area contributed by atoms with Gasteiger partial charge in [-0.2, -0.15) is 0 Å². The van der Waals surface area contributed by atoms with Crippen molar-refractivity contribution in [2.75, 3.05) is 34.3 Å². The second-order valence-corrected chi connectivity index (χ2v) is 6.52. The lowest BCUT2D eigenvalue weighted by Crippen LogP contribution is -2.36. The van der Waals surface area contributed by atoms with Gasteiger partial charge in [0.25, 0.3) is 0 Å². The minimum atomic E-state index is -0.110. The van der Waals surface area contributed by atoms with E-state index < -0.39 is 0 Å². The van der Waals surface area contributed by atoms with Crippen molar-refractivity contribution in [3.63, 3.8) is 0 Å². The number of H-pyrrole nitrogens is 1. The summed E-state index contributed by atoms with van der Waals surface area (Å²) in [5, 5.41) is 8.39. The summed E-state index contributed by atoms with van der Waals surface area (Å²) in [5.41, 5.74) is 1.28. The number of likely N-dealkylation sites (N-methyl/N-ethyl adjacent to an activating group) is 1. The normalized spacial score (nSPS) is 11.4. The second-order valence-electron chi connectivity index (χ2n) is 6.14. The molecule has 2 aromatic rings. The Morgan fingerprint density at radius 3 is 2.50 bits per heavy atom. The maximum absolute atomic E-state index is 11.9. The molecule has 0 radical (unpaired) electrons. The summed E-state index contributed by atoms with van der Waals surface area (Å²) in [6.45, 7) is 3.79. The van der Waals surface area contributed by atoms with Crippen LogP contribution in [-0.2, 0) is 13.6 Å². The first kappa shape index (κ1) is 18.5. The van der Waals surface area contributed by atoms with Crippen LogP contribution in [0.25, 0.3) is 11.2 Å². The molecule has 8 heteroatoms. The molecule has 0 amide bonds. The summed E-state index contributed by atoms with van der Waals surface area (Å²) < 4.78 is 4.45. The van der Waals surface area contributed by atoms with Gasteiger partial charge in [0.15, 0.2) is 5.65 Å². The van der Waals surface area contributed by atoms with Crippen molar-refractivity contribution in [3.05, 3.63) is 21.5 Å². The zero-order valence-corrected chi connectivity index (χ0v) is 14.8. The number of aromatic nitrogens is 4. The molecule has 2 rings (SSSR count). The number of nitrogens with zero attached hydrogens (tertiary/aromatic N) is 4. The Hall–Kier alpha value is -1.51. The van der Waals surface area contributed by atoms with Gasteiger partial charge in [0.1, 0.15) is 16.7 Å². The van der Waals surface area contributed by atoms with E-state index >= 15 is 0 Å². The van der Waals surface area contributed by atoms with Crippen LogP contribution in [0.1, 0.15) is 13.3 Å². The van der Waals surface area contributed by atoms with Crippen LogP contribution >= 0.6 is 12.2 Å². The number of aryl methyl sites for hydroxylation is 1. The Labute approximate surface area is 135 Å². The van der Waals surface area contributed by atoms with Crippen LogP contribution in [0.15, 0.2) is 11.1 Å². The lowest BCUT2D eigenvalue weighted by Gasteiger charge is -2.21. The lowest BCUT2D eigenvalue weighted by atomic mass is 10.4. The van der Waals surface area contributed by atoms with Gasteiger partial charge in [-0.05, 0) is 6.42 Å². The molecular formula is C14H26N5O2S+. The predicted octanol–water partition coefficient (Wildman–Crippen LogP) is 0.887. The highest BCUT2D eigenvalue weighted by Crippen LogP contribution is 2.08. The van der Waals surface area contributed by atoms with E-state index in [1.54, 1.807) is 17.9 Å². The van der Waals surface area contributed by atoms with Crippen LogP contribution in [0.3, 0.4) is 0 Å². The van der Waals surface area contributed by atoms with E-state index in [0.29, 0.717) is 16.8 Å². The van der Waals surface area contributed by atoms with Gasteiger partial charge in [-0.1, -0.05) is 19.1 Å². The van der Waals surface area contributed by atoms with Crippen LogP contribution in [0.4, 0.5) is 0 Å². The molecule has 0 bridgehead atoms. The SMILES string of the molecule is CCCn1c(=O)n(C)c(=S)c2[nH]cnc21.C[N+](C)(C)CCO. The molecule has 0 atom stereocenters. The van der Waals surface area contributed by atoms with Gasteiger partial charge in [0.2, 0.25) is 0 Å². The molecule has 0 spiro atoms. The quantitative estimate of drug-likeness (QED) is 0.645. The van der Waals surface area contributed by atoms with Gasteiger partial charge in [0, 0.05) is 13.6 Å². The van der Waals surface area contributed by atoms with E-state index in [1.807, 2.05) is 6.92 Å². The molecular weight excluding hydrogens is 302 g/mol. The van der Waals surface area contributed by atoms with Crippen LogP contribution in [0.2, 0.25) is 0 Å². The molecule has 2 aromatic heterocycles. The lowest BCUT2D eigenvalue weighted by molar-refractivity contribution is -0.870. The van der Waals surface area contributed by atoms with Crippen molar-refractivity contribution < 1.29 is 9.59 Å². The topological polar surface area (TPSA) is 75.8 Å². The van der Waals surface area contributed by atoms with Crippen molar-refractivity contribution in [3.8, 4) is 0 Å². The first-order valence-electron chi connectivity index (χ1n) is 7.27. The molecule has 2 heterocycles. The van der Waals surface area contributed by atoms with Crippen LogP contribution in [0.5, 0.6) is 0 Å². The second kappa shape index (κ2) is 7.66. The maximum atomic E-state index is 11.9. The van der Waals surface area contributed by atoms with Crippen molar-refractivity contribution in [2.45, 2.75) is 19.9 Å². The van der Waals surface area contributed by atoms with E-state index in [4.69, 9.17) is 17.3 Å². The van der Waals surface area contributed by atoms with E-state index in [9.17, 15) is 4.79 Å². The fraction of sp³-hybridized carbons (Fsp3) is 0.643. The number of quaternary nitrogens is 1. The Balaban J connectivity index is 0.000000295. The molecule has 0 aliphatic carbocycles. The minimum absolute atomic E-state index is 0.110. The average molecular weight is 328 g/mol. The van der Waals surface area contributed by atoms with Crippen molar-refractivity contribution in [1.82, 2.24) is 19.1 Å². The van der Waals surface area contributed by atoms with Crippen molar-refractivity contribution in [2.24, 2.45) is 7.05 Å². The third-order valence-electron chi connectivity index (χ3n) is 3.13.